The third-order valence-electron chi connectivity index (χ3n) is 9.28. The lowest BCUT2D eigenvalue weighted by Gasteiger charge is -2.52. The smallest absolute Gasteiger partial charge is 0.254 e. The van der Waals surface area contributed by atoms with Crippen molar-refractivity contribution in [2.75, 3.05) is 39.1 Å². The summed E-state index contributed by atoms with van der Waals surface area (Å²) in [7, 11) is 3.45. The number of anilines is 2. The maximum Gasteiger partial charge on any atom is 0.254 e. The zero-order chi connectivity index (χ0) is 30.4. The van der Waals surface area contributed by atoms with Crippen LogP contribution >= 0.6 is 11.6 Å². The van der Waals surface area contributed by atoms with Gasteiger partial charge >= 0.3 is 0 Å². The molecular weight excluding hydrogens is 579 g/mol. The molecule has 0 aliphatic carbocycles. The van der Waals surface area contributed by atoms with Crippen LogP contribution < -0.4 is 10.1 Å². The molecule has 44 heavy (non-hydrogen) atoms. The maximum atomic E-state index is 15.2. The van der Waals surface area contributed by atoms with Gasteiger partial charge in [0.2, 0.25) is 5.95 Å². The molecule has 0 atom stereocenters. The van der Waals surface area contributed by atoms with Crippen molar-refractivity contribution in [3.05, 3.63) is 100.0 Å². The lowest BCUT2D eigenvalue weighted by molar-refractivity contribution is -0.00989. The highest BCUT2D eigenvalue weighted by atomic mass is 35.5. The molecule has 1 amide bonds. The summed E-state index contributed by atoms with van der Waals surface area (Å²) in [6, 6.07) is 17.6. The van der Waals surface area contributed by atoms with E-state index in [-0.39, 0.29) is 23.6 Å². The van der Waals surface area contributed by atoms with Gasteiger partial charge in [0.25, 0.3) is 5.91 Å². The highest BCUT2D eigenvalue weighted by molar-refractivity contribution is 6.31. The van der Waals surface area contributed by atoms with Gasteiger partial charge in [-0.25, -0.2) is 14.4 Å². The molecule has 8 rings (SSSR count). The zero-order valence-corrected chi connectivity index (χ0v) is 25.4. The number of hydrogen-bond acceptors (Lipinski definition) is 7. The molecule has 0 spiro atoms. The molecule has 4 aliphatic rings. The maximum absolute atomic E-state index is 15.2. The van der Waals surface area contributed by atoms with E-state index < -0.39 is 5.82 Å². The molecule has 3 saturated heterocycles. The van der Waals surface area contributed by atoms with Crippen LogP contribution in [0.25, 0.3) is 11.3 Å². The predicted molar refractivity (Wildman–Crippen MR) is 170 cm³/mol. The first-order valence-corrected chi connectivity index (χ1v) is 15.1. The average molecular weight is 611 g/mol. The number of hydrogen-bond donors (Lipinski definition) is 1. The van der Waals surface area contributed by atoms with Gasteiger partial charge in [0, 0.05) is 71.4 Å². The zero-order valence-electron chi connectivity index (χ0n) is 24.6. The van der Waals surface area contributed by atoms with Gasteiger partial charge in [-0.1, -0.05) is 23.7 Å². The van der Waals surface area contributed by atoms with Crippen LogP contribution in [0.4, 0.5) is 16.0 Å². The minimum Gasteiger partial charge on any atom is -0.496 e. The molecule has 3 aromatic carbocycles. The number of rotatable bonds is 6. The Morgan fingerprint density at radius 3 is 2.52 bits per heavy atom. The normalized spacial score (nSPS) is 20.2. The SMILES string of the molecule is COc1cccc(F)c1C1=NCc2cnc(Nc3ccc(C(=O)N(C)C45CCN(CC4)CC5)cc3)nc2-c2ccc(Cl)cc21. The molecule has 4 aromatic rings. The van der Waals surface area contributed by atoms with Gasteiger partial charge in [-0.05, 0) is 67.8 Å². The second kappa shape index (κ2) is 11.3. The molecule has 0 saturated carbocycles. The molecule has 8 nitrogen and oxygen atoms in total. The van der Waals surface area contributed by atoms with Crippen molar-refractivity contribution in [3.8, 4) is 17.0 Å². The number of benzene rings is 3. The van der Waals surface area contributed by atoms with Gasteiger partial charge in [-0.15, -0.1) is 0 Å². The number of amides is 1. The number of methoxy groups -OCH3 is 1. The number of fused-ring (bicyclic) bond motifs is 6. The summed E-state index contributed by atoms with van der Waals surface area (Å²) in [6.07, 6.45) is 4.82. The number of carbonyl (C=O) groups excluding carboxylic acids is 1. The lowest BCUT2D eigenvalue weighted by atomic mass is 9.78. The molecule has 3 fully saturated rings. The first kappa shape index (κ1) is 28.4. The Bertz CT molecular complexity index is 1770. The standard InChI is InChI=1S/C34H32ClFN6O2/c1-41(34-12-15-42(16-13-34)17-14-34)32(43)21-6-9-24(10-7-21)39-33-38-20-22-19-37-31(29-27(36)4-3-5-28(29)44-2)26-18-23(35)8-11-25(26)30(22)40-33/h3-11,18,20H,12-17,19H2,1-2H3,(H,38,39,40). The van der Waals surface area contributed by atoms with E-state index in [0.29, 0.717) is 39.3 Å². The van der Waals surface area contributed by atoms with Gasteiger partial charge in [0.05, 0.1) is 30.6 Å². The molecule has 5 heterocycles. The predicted octanol–water partition coefficient (Wildman–Crippen LogP) is 6.35. The van der Waals surface area contributed by atoms with Crippen molar-refractivity contribution in [1.29, 1.82) is 0 Å². The van der Waals surface area contributed by atoms with E-state index in [1.54, 1.807) is 30.5 Å². The van der Waals surface area contributed by atoms with Crippen molar-refractivity contribution in [1.82, 2.24) is 19.8 Å². The molecule has 0 radical (unpaired) electrons. The fourth-order valence-corrected chi connectivity index (χ4v) is 6.82. The quantitative estimate of drug-likeness (QED) is 0.274. The molecule has 4 aliphatic heterocycles. The van der Waals surface area contributed by atoms with Gasteiger partial charge in [-0.3, -0.25) is 9.79 Å². The summed E-state index contributed by atoms with van der Waals surface area (Å²) in [4.78, 5) is 32.1. The Morgan fingerprint density at radius 1 is 1.05 bits per heavy atom. The topological polar surface area (TPSA) is 83.0 Å². The summed E-state index contributed by atoms with van der Waals surface area (Å²) >= 11 is 6.42. The third-order valence-corrected chi connectivity index (χ3v) is 9.52. The number of nitrogens with one attached hydrogen (secondary N) is 1. The molecular formula is C34H32ClFN6O2. The Morgan fingerprint density at radius 2 is 1.80 bits per heavy atom. The highest BCUT2D eigenvalue weighted by Gasteiger charge is 2.44. The second-order valence-electron chi connectivity index (χ2n) is 11.6. The number of halogens is 2. The molecule has 1 N–H and O–H groups in total. The summed E-state index contributed by atoms with van der Waals surface area (Å²) in [6.45, 7) is 3.43. The number of aromatic nitrogens is 2. The number of nitrogens with zero attached hydrogens (tertiary/aromatic N) is 5. The van der Waals surface area contributed by atoms with E-state index in [1.807, 2.05) is 42.3 Å². The van der Waals surface area contributed by atoms with Crippen LogP contribution in [0.5, 0.6) is 5.75 Å². The van der Waals surface area contributed by atoms with Crippen molar-refractivity contribution >= 4 is 34.9 Å². The van der Waals surface area contributed by atoms with E-state index >= 15 is 4.39 Å². The van der Waals surface area contributed by atoms with Crippen LogP contribution in [0.1, 0.15) is 46.3 Å². The van der Waals surface area contributed by atoms with Crippen LogP contribution in [0.2, 0.25) is 5.02 Å². The summed E-state index contributed by atoms with van der Waals surface area (Å²) < 4.78 is 20.7. The van der Waals surface area contributed by atoms with E-state index in [2.05, 4.69) is 15.2 Å². The fourth-order valence-electron chi connectivity index (χ4n) is 6.65. The number of carbonyl (C=O) groups is 1. The Balaban J connectivity index is 1.16. The van der Waals surface area contributed by atoms with Gasteiger partial charge in [-0.2, -0.15) is 0 Å². The lowest BCUT2D eigenvalue weighted by Crippen LogP contribution is -2.61. The Hall–Kier alpha value is -4.34. The summed E-state index contributed by atoms with van der Waals surface area (Å²) in [5, 5.41) is 3.77. The summed E-state index contributed by atoms with van der Waals surface area (Å²) in [5.74, 6) is 0.377. The molecule has 1 aromatic heterocycles. The number of ether oxygens (including phenoxy) is 1. The van der Waals surface area contributed by atoms with E-state index in [0.717, 1.165) is 55.7 Å². The van der Waals surface area contributed by atoms with Gasteiger partial charge in [0.1, 0.15) is 11.6 Å². The number of piperidine rings is 3. The molecule has 0 unspecified atom stereocenters. The minimum absolute atomic E-state index is 0.0417. The van der Waals surface area contributed by atoms with E-state index in [1.165, 1.54) is 13.2 Å². The molecule has 2 bridgehead atoms. The molecule has 224 valence electrons. The van der Waals surface area contributed by atoms with E-state index in [9.17, 15) is 4.79 Å². The fraction of sp³-hybridized carbons (Fsp3) is 0.294. The Labute approximate surface area is 260 Å². The van der Waals surface area contributed by atoms with Crippen LogP contribution in [0.3, 0.4) is 0 Å². The van der Waals surface area contributed by atoms with Crippen molar-refractivity contribution in [2.24, 2.45) is 4.99 Å². The van der Waals surface area contributed by atoms with E-state index in [4.69, 9.17) is 26.3 Å². The first-order valence-electron chi connectivity index (χ1n) is 14.8. The highest BCUT2D eigenvalue weighted by Crippen LogP contribution is 2.38. The van der Waals surface area contributed by atoms with Crippen molar-refractivity contribution in [3.63, 3.8) is 0 Å². The van der Waals surface area contributed by atoms with Crippen LogP contribution in [0.15, 0.2) is 71.9 Å². The molecule has 10 heteroatoms. The largest absolute Gasteiger partial charge is 0.496 e. The first-order chi connectivity index (χ1) is 21.3. The van der Waals surface area contributed by atoms with Crippen LogP contribution in [-0.4, -0.2) is 70.7 Å². The van der Waals surface area contributed by atoms with Crippen LogP contribution in [-0.2, 0) is 6.54 Å². The third kappa shape index (κ3) is 5.00. The van der Waals surface area contributed by atoms with Crippen molar-refractivity contribution in [2.45, 2.75) is 31.3 Å². The second-order valence-corrected chi connectivity index (χ2v) is 12.1. The van der Waals surface area contributed by atoms with Crippen molar-refractivity contribution < 1.29 is 13.9 Å². The monoisotopic (exact) mass is 610 g/mol. The minimum atomic E-state index is -0.440. The summed E-state index contributed by atoms with van der Waals surface area (Å²) in [5.41, 5.74) is 4.96. The Kier molecular flexibility index (Phi) is 7.30. The van der Waals surface area contributed by atoms with Crippen LogP contribution in [0, 0.1) is 5.82 Å². The number of aliphatic imine (C=N–C) groups is 1. The average Bonchev–Trinajstić information content (AvgIpc) is 3.21. The van der Waals surface area contributed by atoms with Gasteiger partial charge < -0.3 is 19.9 Å². The van der Waals surface area contributed by atoms with Gasteiger partial charge in [0.15, 0.2) is 0 Å².